The third-order valence-electron chi connectivity index (χ3n) is 6.15. The smallest absolute Gasteiger partial charge is 0.301 e. The highest BCUT2D eigenvalue weighted by Crippen LogP contribution is 2.44. The molecule has 1 N–H and O–H groups in total. The number of nitrogens with zero attached hydrogens (tertiary/aromatic N) is 2. The van der Waals surface area contributed by atoms with Gasteiger partial charge in [0.1, 0.15) is 18.1 Å². The lowest BCUT2D eigenvalue weighted by molar-refractivity contribution is -0.132. The van der Waals surface area contributed by atoms with Crippen LogP contribution >= 0.6 is 11.3 Å². The van der Waals surface area contributed by atoms with Crippen molar-refractivity contribution in [3.05, 3.63) is 107 Å². The Kier molecular flexibility index (Phi) is 7.10. The fourth-order valence-electron chi connectivity index (χ4n) is 4.31. The van der Waals surface area contributed by atoms with Crippen LogP contribution in [-0.2, 0) is 16.2 Å². The van der Waals surface area contributed by atoms with Gasteiger partial charge in [-0.3, -0.25) is 14.5 Å². The number of carbonyl (C=O) groups excluding carboxylic acids is 2. The summed E-state index contributed by atoms with van der Waals surface area (Å²) in [7, 11) is 3.02. The van der Waals surface area contributed by atoms with Crippen molar-refractivity contribution in [2.45, 2.75) is 12.6 Å². The summed E-state index contributed by atoms with van der Waals surface area (Å²) in [5, 5.41) is 13.4. The molecule has 0 spiro atoms. The number of carbonyl (C=O) groups is 2. The summed E-state index contributed by atoms with van der Waals surface area (Å²) in [5.74, 6) is -0.480. The van der Waals surface area contributed by atoms with E-state index < -0.39 is 17.7 Å². The molecule has 0 bridgehead atoms. The predicted molar refractivity (Wildman–Crippen MR) is 144 cm³/mol. The number of Topliss-reactive ketones (excluding diaryl/α,β-unsaturated/α-hetero) is 1. The zero-order valence-electron chi connectivity index (χ0n) is 20.7. The highest BCUT2D eigenvalue weighted by molar-refractivity contribution is 7.14. The van der Waals surface area contributed by atoms with Crippen LogP contribution in [0.5, 0.6) is 17.2 Å². The van der Waals surface area contributed by atoms with E-state index in [9.17, 15) is 14.7 Å². The molecule has 1 aliphatic heterocycles. The lowest BCUT2D eigenvalue weighted by Gasteiger charge is -2.24. The first-order chi connectivity index (χ1) is 18.5. The highest BCUT2D eigenvalue weighted by atomic mass is 32.1. The summed E-state index contributed by atoms with van der Waals surface area (Å²) < 4.78 is 16.9. The summed E-state index contributed by atoms with van der Waals surface area (Å²) in [4.78, 5) is 32.2. The Morgan fingerprint density at radius 3 is 2.50 bits per heavy atom. The molecule has 2 heterocycles. The van der Waals surface area contributed by atoms with Crippen molar-refractivity contribution in [2.24, 2.45) is 0 Å². The Hall–Kier alpha value is -4.63. The summed E-state index contributed by atoms with van der Waals surface area (Å²) in [5.41, 5.74) is 1.83. The topological polar surface area (TPSA) is 98.2 Å². The molecule has 0 aliphatic carbocycles. The van der Waals surface area contributed by atoms with Gasteiger partial charge in [0.05, 0.1) is 25.8 Å². The molecule has 8 nitrogen and oxygen atoms in total. The maximum atomic E-state index is 13.3. The second-order valence-corrected chi connectivity index (χ2v) is 9.27. The Labute approximate surface area is 223 Å². The van der Waals surface area contributed by atoms with Crippen molar-refractivity contribution in [3.8, 4) is 17.2 Å². The number of thiazole rings is 1. The number of aliphatic hydroxyl groups is 1. The van der Waals surface area contributed by atoms with Crippen LogP contribution in [0.3, 0.4) is 0 Å². The average molecular weight is 529 g/mol. The molecule has 5 rings (SSSR count). The normalized spacial score (nSPS) is 16.5. The first kappa shape index (κ1) is 25.0. The molecule has 38 heavy (non-hydrogen) atoms. The number of ketones is 1. The summed E-state index contributed by atoms with van der Waals surface area (Å²) >= 11 is 1.22. The molecule has 1 aliphatic rings. The summed E-state index contributed by atoms with van der Waals surface area (Å²) in [6.45, 7) is 0.337. The number of anilines is 1. The molecule has 1 atom stereocenters. The van der Waals surface area contributed by atoms with E-state index in [-0.39, 0.29) is 11.3 Å². The molecule has 9 heteroatoms. The van der Waals surface area contributed by atoms with E-state index in [1.807, 2.05) is 30.3 Å². The number of benzene rings is 3. The van der Waals surface area contributed by atoms with Gasteiger partial charge in [-0.1, -0.05) is 48.5 Å². The van der Waals surface area contributed by atoms with Crippen LogP contribution in [0.4, 0.5) is 5.13 Å². The molecule has 1 fully saturated rings. The zero-order chi connectivity index (χ0) is 26.6. The molecule has 3 aromatic carbocycles. The number of aliphatic hydroxyl groups excluding tert-OH is 1. The molecule has 0 radical (unpaired) electrons. The summed E-state index contributed by atoms with van der Waals surface area (Å²) in [6.07, 6.45) is 1.56. The Bertz CT molecular complexity index is 1500. The number of hydrogen-bond acceptors (Lipinski definition) is 8. The monoisotopic (exact) mass is 528 g/mol. The van der Waals surface area contributed by atoms with Gasteiger partial charge in [0.15, 0.2) is 16.6 Å². The van der Waals surface area contributed by atoms with Crippen molar-refractivity contribution in [3.63, 3.8) is 0 Å². The number of rotatable bonds is 8. The highest BCUT2D eigenvalue weighted by Gasteiger charge is 2.48. The van der Waals surface area contributed by atoms with E-state index in [0.717, 1.165) is 5.56 Å². The van der Waals surface area contributed by atoms with Crippen molar-refractivity contribution in [1.29, 1.82) is 0 Å². The van der Waals surface area contributed by atoms with Crippen LogP contribution in [0.1, 0.15) is 22.7 Å². The lowest BCUT2D eigenvalue weighted by Crippen LogP contribution is -2.29. The van der Waals surface area contributed by atoms with Crippen molar-refractivity contribution in [2.75, 3.05) is 19.1 Å². The quantitative estimate of drug-likeness (QED) is 0.187. The Morgan fingerprint density at radius 2 is 1.79 bits per heavy atom. The maximum absolute atomic E-state index is 13.3. The number of ether oxygens (including phenoxy) is 3. The molecule has 0 saturated carbocycles. The van der Waals surface area contributed by atoms with Gasteiger partial charge in [0.25, 0.3) is 5.78 Å². The third-order valence-corrected chi connectivity index (χ3v) is 6.92. The number of hydrogen-bond donors (Lipinski definition) is 1. The van der Waals surface area contributed by atoms with Gasteiger partial charge in [-0.15, -0.1) is 11.3 Å². The van der Waals surface area contributed by atoms with Gasteiger partial charge in [-0.25, -0.2) is 4.98 Å². The van der Waals surface area contributed by atoms with Crippen molar-refractivity contribution >= 4 is 33.9 Å². The van der Waals surface area contributed by atoms with Crippen LogP contribution in [0.2, 0.25) is 0 Å². The molecule has 1 aromatic heterocycles. The van der Waals surface area contributed by atoms with E-state index in [2.05, 4.69) is 4.98 Å². The van der Waals surface area contributed by atoms with Gasteiger partial charge in [0, 0.05) is 17.1 Å². The maximum Gasteiger partial charge on any atom is 0.301 e. The first-order valence-corrected chi connectivity index (χ1v) is 12.6. The van der Waals surface area contributed by atoms with Gasteiger partial charge in [0.2, 0.25) is 0 Å². The van der Waals surface area contributed by atoms with Crippen LogP contribution in [0.25, 0.3) is 5.76 Å². The van der Waals surface area contributed by atoms with Crippen LogP contribution in [-0.4, -0.2) is 36.0 Å². The number of amides is 1. The summed E-state index contributed by atoms with van der Waals surface area (Å²) in [6, 6.07) is 20.6. The lowest BCUT2D eigenvalue weighted by atomic mass is 9.95. The second-order valence-electron chi connectivity index (χ2n) is 8.40. The van der Waals surface area contributed by atoms with Gasteiger partial charge in [-0.2, -0.15) is 0 Å². The van der Waals surface area contributed by atoms with E-state index in [1.54, 1.807) is 54.0 Å². The van der Waals surface area contributed by atoms with E-state index in [1.165, 1.54) is 30.5 Å². The number of methoxy groups -OCH3 is 2. The molecule has 1 amide bonds. The third kappa shape index (κ3) is 4.71. The first-order valence-electron chi connectivity index (χ1n) is 11.7. The molecular formula is C29H24N2O6S. The number of aromatic nitrogens is 1. The predicted octanol–water partition coefficient (Wildman–Crippen LogP) is 5.37. The average Bonchev–Trinajstić information content (AvgIpc) is 3.58. The van der Waals surface area contributed by atoms with Gasteiger partial charge >= 0.3 is 5.91 Å². The minimum Gasteiger partial charge on any atom is -0.507 e. The van der Waals surface area contributed by atoms with Crippen LogP contribution < -0.4 is 19.1 Å². The molecule has 192 valence electrons. The van der Waals surface area contributed by atoms with Crippen molar-refractivity contribution in [1.82, 2.24) is 4.98 Å². The van der Waals surface area contributed by atoms with E-state index in [4.69, 9.17) is 14.2 Å². The molecule has 1 saturated heterocycles. The molecule has 1 unspecified atom stereocenters. The van der Waals surface area contributed by atoms with Crippen molar-refractivity contribution < 1.29 is 28.9 Å². The SMILES string of the molecule is COc1cccc(C(O)=C2C(=O)C(=O)N(c3nccs3)C2c2ccc(OCc3ccccc3)c(OC)c2)c1. The van der Waals surface area contributed by atoms with Crippen LogP contribution in [0, 0.1) is 0 Å². The fourth-order valence-corrected chi connectivity index (χ4v) is 4.98. The standard InChI is InChI=1S/C29H24N2O6S/c1-35-21-10-6-9-20(15-21)26(32)24-25(31(28(34)27(24)33)29-30-13-14-38-29)19-11-12-22(23(16-19)36-2)37-17-18-7-4-3-5-8-18/h3-16,25,32H,17H2,1-2H3. The molecular weight excluding hydrogens is 504 g/mol. The Balaban J connectivity index is 1.60. The minimum atomic E-state index is -0.940. The van der Waals surface area contributed by atoms with Gasteiger partial charge < -0.3 is 19.3 Å². The van der Waals surface area contributed by atoms with Crippen LogP contribution in [0.15, 0.2) is 89.9 Å². The van der Waals surface area contributed by atoms with E-state index in [0.29, 0.717) is 40.1 Å². The second kappa shape index (κ2) is 10.8. The van der Waals surface area contributed by atoms with Gasteiger partial charge in [-0.05, 0) is 35.4 Å². The minimum absolute atomic E-state index is 0.0570. The Morgan fingerprint density at radius 1 is 0.974 bits per heavy atom. The van der Waals surface area contributed by atoms with E-state index >= 15 is 0 Å². The zero-order valence-corrected chi connectivity index (χ0v) is 21.5. The molecule has 4 aromatic rings. The fraction of sp³-hybridized carbons (Fsp3) is 0.138. The largest absolute Gasteiger partial charge is 0.507 e.